The van der Waals surface area contributed by atoms with E-state index in [9.17, 15) is 18.3 Å². The van der Waals surface area contributed by atoms with Crippen LogP contribution in [0, 0.1) is 6.92 Å². The fourth-order valence-electron chi connectivity index (χ4n) is 2.96. The number of allylic oxidation sites excluding steroid dienone is 1. The highest BCUT2D eigenvalue weighted by atomic mass is 19.4. The van der Waals surface area contributed by atoms with Crippen molar-refractivity contribution in [2.24, 2.45) is 4.99 Å². The first-order chi connectivity index (χ1) is 12.8. The van der Waals surface area contributed by atoms with E-state index in [1.54, 1.807) is 30.6 Å². The van der Waals surface area contributed by atoms with Gasteiger partial charge in [0.05, 0.1) is 24.5 Å². The first-order valence-electron chi connectivity index (χ1n) is 8.29. The molecular formula is C18H19F3N4O2. The molecule has 0 saturated heterocycles. The van der Waals surface area contributed by atoms with Crippen LogP contribution in [-0.4, -0.2) is 45.4 Å². The Balaban J connectivity index is 1.94. The van der Waals surface area contributed by atoms with Gasteiger partial charge in [0.25, 0.3) is 0 Å². The molecule has 0 aliphatic carbocycles. The van der Waals surface area contributed by atoms with Crippen LogP contribution in [0.3, 0.4) is 0 Å². The second-order valence-corrected chi connectivity index (χ2v) is 6.20. The van der Waals surface area contributed by atoms with E-state index >= 15 is 0 Å². The van der Waals surface area contributed by atoms with Crippen LogP contribution in [-0.2, 0) is 0 Å². The molecule has 1 unspecified atom stereocenters. The fraction of sp³-hybridized carbons (Fsp3) is 0.333. The summed E-state index contributed by atoms with van der Waals surface area (Å²) in [5, 5.41) is 16.7. The first-order valence-corrected chi connectivity index (χ1v) is 8.29. The molecule has 9 heteroatoms. The minimum absolute atomic E-state index is 0.119. The van der Waals surface area contributed by atoms with Crippen molar-refractivity contribution in [2.45, 2.75) is 32.4 Å². The van der Waals surface area contributed by atoms with Gasteiger partial charge in [0.15, 0.2) is 6.17 Å². The van der Waals surface area contributed by atoms with Crippen molar-refractivity contribution < 1.29 is 23.0 Å². The maximum Gasteiger partial charge on any atom is 0.573 e. The number of benzene rings is 1. The summed E-state index contributed by atoms with van der Waals surface area (Å²) < 4.78 is 41.0. The molecule has 27 heavy (non-hydrogen) atoms. The number of aromatic amines is 1. The third-order valence-electron chi connectivity index (χ3n) is 4.25. The molecule has 2 heterocycles. The summed E-state index contributed by atoms with van der Waals surface area (Å²) in [6.07, 6.45) is -0.0808. The van der Waals surface area contributed by atoms with Gasteiger partial charge in [0.2, 0.25) is 0 Å². The van der Waals surface area contributed by atoms with Gasteiger partial charge in [-0.1, -0.05) is 0 Å². The standard InChI is InChI=1S/C18H19F3N4O2/c1-11-9-23-24-16(11)17-22-8-7-15(25(17)12(2)10-26)13-3-5-14(6-4-13)27-18(19,20)21/h3-9,12,17,26H,10H2,1-2H3,(H,23,24)/t12-,17?/m0/s1. The quantitative estimate of drug-likeness (QED) is 0.834. The van der Waals surface area contributed by atoms with Crippen LogP contribution in [0.2, 0.25) is 0 Å². The second-order valence-electron chi connectivity index (χ2n) is 6.20. The fourth-order valence-corrected chi connectivity index (χ4v) is 2.96. The normalized spacial score (nSPS) is 18.4. The van der Waals surface area contributed by atoms with Crippen molar-refractivity contribution >= 4 is 11.9 Å². The Bertz CT molecular complexity index is 843. The number of aliphatic hydroxyl groups excluding tert-OH is 1. The number of alkyl halides is 3. The highest BCUT2D eigenvalue weighted by molar-refractivity contribution is 5.86. The summed E-state index contributed by atoms with van der Waals surface area (Å²) in [5.74, 6) is -0.293. The Morgan fingerprint density at radius 2 is 2.00 bits per heavy atom. The summed E-state index contributed by atoms with van der Waals surface area (Å²) in [6.45, 7) is 3.62. The lowest BCUT2D eigenvalue weighted by atomic mass is 10.0. The minimum atomic E-state index is -4.74. The van der Waals surface area contributed by atoms with E-state index in [-0.39, 0.29) is 18.4 Å². The van der Waals surface area contributed by atoms with Crippen molar-refractivity contribution in [3.8, 4) is 5.75 Å². The molecule has 1 aromatic heterocycles. The van der Waals surface area contributed by atoms with Crippen LogP contribution < -0.4 is 4.74 Å². The zero-order valence-electron chi connectivity index (χ0n) is 14.7. The third-order valence-corrected chi connectivity index (χ3v) is 4.25. The van der Waals surface area contributed by atoms with Gasteiger partial charge in [-0.25, -0.2) is 0 Å². The number of aliphatic hydroxyl groups is 1. The molecule has 3 rings (SSSR count). The Hall–Kier alpha value is -2.81. The topological polar surface area (TPSA) is 73.7 Å². The van der Waals surface area contributed by atoms with Crippen LogP contribution in [0.5, 0.6) is 5.75 Å². The predicted octanol–water partition coefficient (Wildman–Crippen LogP) is 3.42. The average molecular weight is 380 g/mol. The molecular weight excluding hydrogens is 361 g/mol. The Morgan fingerprint density at radius 3 is 2.56 bits per heavy atom. The van der Waals surface area contributed by atoms with Crippen molar-refractivity contribution in [1.29, 1.82) is 0 Å². The Kier molecular flexibility index (Phi) is 5.22. The summed E-state index contributed by atoms with van der Waals surface area (Å²) in [6, 6.07) is 5.31. The van der Waals surface area contributed by atoms with Crippen LogP contribution in [0.15, 0.2) is 41.5 Å². The average Bonchev–Trinajstić information content (AvgIpc) is 3.05. The largest absolute Gasteiger partial charge is 0.573 e. The molecule has 1 aromatic carbocycles. The molecule has 2 aromatic rings. The van der Waals surface area contributed by atoms with Gasteiger partial charge in [-0.2, -0.15) is 5.10 Å². The molecule has 2 atom stereocenters. The summed E-state index contributed by atoms with van der Waals surface area (Å²) in [5.41, 5.74) is 3.11. The number of halogens is 3. The lowest BCUT2D eigenvalue weighted by Gasteiger charge is -2.38. The van der Waals surface area contributed by atoms with Crippen LogP contribution in [0.4, 0.5) is 13.2 Å². The number of aryl methyl sites for hydroxylation is 1. The third kappa shape index (κ3) is 4.13. The van der Waals surface area contributed by atoms with Gasteiger partial charge >= 0.3 is 6.36 Å². The molecule has 0 bridgehead atoms. The molecule has 144 valence electrons. The number of aliphatic imine (C=N–C) groups is 1. The van der Waals surface area contributed by atoms with Crippen LogP contribution >= 0.6 is 0 Å². The van der Waals surface area contributed by atoms with Crippen molar-refractivity contribution in [3.63, 3.8) is 0 Å². The van der Waals surface area contributed by atoms with Gasteiger partial charge in [-0.3, -0.25) is 10.1 Å². The van der Waals surface area contributed by atoms with Crippen LogP contribution in [0.1, 0.15) is 29.9 Å². The van der Waals surface area contributed by atoms with Crippen molar-refractivity contribution in [2.75, 3.05) is 6.61 Å². The predicted molar refractivity (Wildman–Crippen MR) is 94.0 cm³/mol. The molecule has 0 amide bonds. The SMILES string of the molecule is Cc1cn[nH]c1C1N=CC=C(c2ccc(OC(F)(F)F)cc2)N1[C@@H](C)CO. The number of hydrogen-bond acceptors (Lipinski definition) is 5. The molecule has 6 nitrogen and oxygen atoms in total. The Labute approximate surface area is 154 Å². The lowest BCUT2D eigenvalue weighted by Crippen LogP contribution is -2.38. The number of hydrogen-bond donors (Lipinski definition) is 2. The van der Waals surface area contributed by atoms with E-state index < -0.39 is 12.5 Å². The number of ether oxygens (including phenoxy) is 1. The lowest BCUT2D eigenvalue weighted by molar-refractivity contribution is -0.274. The smallest absolute Gasteiger partial charge is 0.406 e. The van der Waals surface area contributed by atoms with Gasteiger partial charge in [0, 0.05) is 11.9 Å². The minimum Gasteiger partial charge on any atom is -0.406 e. The second kappa shape index (κ2) is 7.43. The maximum absolute atomic E-state index is 12.4. The highest BCUT2D eigenvalue weighted by Crippen LogP contribution is 2.36. The maximum atomic E-state index is 12.4. The number of nitrogens with one attached hydrogen (secondary N) is 1. The first kappa shape index (κ1) is 19.0. The van der Waals surface area contributed by atoms with Gasteiger partial charge < -0.3 is 14.7 Å². The zero-order valence-corrected chi connectivity index (χ0v) is 14.7. The highest BCUT2D eigenvalue weighted by Gasteiger charge is 2.32. The molecule has 0 radical (unpaired) electrons. The van der Waals surface area contributed by atoms with E-state index in [1.807, 2.05) is 18.7 Å². The number of rotatable bonds is 5. The van der Waals surface area contributed by atoms with Crippen molar-refractivity contribution in [1.82, 2.24) is 15.1 Å². The molecule has 0 saturated carbocycles. The molecule has 2 N–H and O–H groups in total. The number of aromatic nitrogens is 2. The molecule has 0 spiro atoms. The molecule has 0 fully saturated rings. The molecule has 1 aliphatic rings. The van der Waals surface area contributed by atoms with Gasteiger partial charge in [-0.15, -0.1) is 13.2 Å². The summed E-state index contributed by atoms with van der Waals surface area (Å²) in [4.78, 5) is 6.40. The van der Waals surface area contributed by atoms with Crippen molar-refractivity contribution in [3.05, 3.63) is 53.4 Å². The van der Waals surface area contributed by atoms with E-state index in [0.29, 0.717) is 5.56 Å². The Morgan fingerprint density at radius 1 is 1.30 bits per heavy atom. The number of H-pyrrole nitrogens is 1. The monoisotopic (exact) mass is 380 g/mol. The van der Waals surface area contributed by atoms with E-state index in [0.717, 1.165) is 17.0 Å². The van der Waals surface area contributed by atoms with Crippen LogP contribution in [0.25, 0.3) is 5.70 Å². The summed E-state index contributed by atoms with van der Waals surface area (Å²) >= 11 is 0. The van der Waals surface area contributed by atoms with E-state index in [2.05, 4.69) is 19.9 Å². The van der Waals surface area contributed by atoms with E-state index in [4.69, 9.17) is 0 Å². The number of nitrogens with zero attached hydrogens (tertiary/aromatic N) is 3. The van der Waals surface area contributed by atoms with Gasteiger partial charge in [0.1, 0.15) is 5.75 Å². The molecule has 1 aliphatic heterocycles. The van der Waals surface area contributed by atoms with E-state index in [1.165, 1.54) is 12.1 Å². The van der Waals surface area contributed by atoms with Gasteiger partial charge in [-0.05, 0) is 55.3 Å². The summed E-state index contributed by atoms with van der Waals surface area (Å²) in [7, 11) is 0. The zero-order chi connectivity index (χ0) is 19.6.